The molecule has 2 spiro atoms. The fourth-order valence-corrected chi connectivity index (χ4v) is 7.72. The normalized spacial score (nSPS) is 45.6. The number of rotatable bonds is 3. The van der Waals surface area contributed by atoms with Crippen LogP contribution in [-0.2, 0) is 9.53 Å². The molecule has 0 aromatic carbocycles. The van der Waals surface area contributed by atoms with Crippen molar-refractivity contribution >= 4 is 11.9 Å². The Labute approximate surface area is 166 Å². The minimum atomic E-state index is -1.48. The van der Waals surface area contributed by atoms with E-state index in [2.05, 4.69) is 11.9 Å². The van der Waals surface area contributed by atoms with E-state index < -0.39 is 11.6 Å². The van der Waals surface area contributed by atoms with Crippen LogP contribution in [0.2, 0.25) is 0 Å². The number of aliphatic imine (C=N–C) groups is 1. The summed E-state index contributed by atoms with van der Waals surface area (Å²) in [4.78, 5) is 17.6. The Kier molecular flexibility index (Phi) is 4.64. The van der Waals surface area contributed by atoms with E-state index in [9.17, 15) is 15.0 Å². The number of carbonyl (C=O) groups excluding carboxylic acids is 1. The van der Waals surface area contributed by atoms with Crippen LogP contribution in [0.5, 0.6) is 0 Å². The number of hydrogen-bond donors (Lipinski definition) is 3. The van der Waals surface area contributed by atoms with Crippen LogP contribution in [0.4, 0.5) is 0 Å². The van der Waals surface area contributed by atoms with Crippen LogP contribution in [-0.4, -0.2) is 56.5 Å². The van der Waals surface area contributed by atoms with Crippen LogP contribution in [0.15, 0.2) is 16.1 Å². The maximum atomic E-state index is 12.2. The number of allylic oxidation sites excluding steroid dienone is 1. The van der Waals surface area contributed by atoms with Crippen molar-refractivity contribution in [2.24, 2.45) is 33.4 Å². The summed E-state index contributed by atoms with van der Waals surface area (Å²) in [6.07, 6.45) is 5.41. The molecule has 1 unspecified atom stereocenters. The minimum Gasteiger partial charge on any atom is -0.545 e. The van der Waals surface area contributed by atoms with Gasteiger partial charge in [-0.15, -0.1) is 0 Å². The first kappa shape index (κ1) is 19.9. The molecule has 28 heavy (non-hydrogen) atoms. The van der Waals surface area contributed by atoms with Crippen LogP contribution >= 0.6 is 0 Å². The summed E-state index contributed by atoms with van der Waals surface area (Å²) in [5, 5.41) is 23.6. The predicted molar refractivity (Wildman–Crippen MR) is 102 cm³/mol. The standard InChI is InChI=1S/C21H33N3O4/c1-13-5-6-14-9-15-16(17(25)26)20(27,12-28-3)10-21(13,15)19(14)7-4-8-24(11-19)18(22)23-2/h13-14,27H,4-12H2,1-3H3,(H2,22,23)(H,25,26)/t13-,14-,19-,20+,21+/m1/s1. The highest BCUT2D eigenvalue weighted by Gasteiger charge is 2.73. The first-order valence-corrected chi connectivity index (χ1v) is 10.5. The molecule has 0 radical (unpaired) electrons. The Balaban J connectivity index is 1.89. The highest BCUT2D eigenvalue weighted by atomic mass is 16.5. The number of guanidine groups is 1. The number of nitrogens with two attached hydrogens (primary N) is 1. The maximum Gasteiger partial charge on any atom is 0.293 e. The number of hydrogen-bond acceptors (Lipinski definition) is 5. The molecule has 1 saturated heterocycles. The van der Waals surface area contributed by atoms with Gasteiger partial charge < -0.3 is 25.5 Å². The third kappa shape index (κ3) is 2.33. The van der Waals surface area contributed by atoms with Crippen LogP contribution in [0.3, 0.4) is 0 Å². The van der Waals surface area contributed by atoms with Gasteiger partial charge in [0.05, 0.1) is 25.7 Å². The van der Waals surface area contributed by atoms with Crippen LogP contribution in [0.25, 0.3) is 0 Å². The summed E-state index contributed by atoms with van der Waals surface area (Å²) in [6.45, 7) is 4.04. The van der Waals surface area contributed by atoms with Crippen molar-refractivity contribution in [2.45, 2.75) is 51.0 Å². The highest BCUT2D eigenvalue weighted by molar-refractivity contribution is 5.90. The molecular formula is C21H33N3O4. The lowest BCUT2D eigenvalue weighted by Crippen LogP contribution is -3.18. The SMILES string of the molecule is CN=C(N)[NH+]1CCC[C@@]2(C1)[C@@H]1CC[C@@H](C)[C@]23C[C@](O)(COC)C(C(=O)[O-])=C3C1. The van der Waals surface area contributed by atoms with E-state index in [0.29, 0.717) is 24.2 Å². The first-order chi connectivity index (χ1) is 13.3. The molecule has 4 N–H and O–H groups in total. The van der Waals surface area contributed by atoms with E-state index >= 15 is 0 Å². The molecule has 0 aromatic heterocycles. The molecule has 0 amide bonds. The molecule has 3 fully saturated rings. The fraction of sp³-hybridized carbons (Fsp3) is 0.810. The molecule has 7 heteroatoms. The van der Waals surface area contributed by atoms with Crippen molar-refractivity contribution in [1.82, 2.24) is 0 Å². The summed E-state index contributed by atoms with van der Waals surface area (Å²) in [7, 11) is 3.24. The van der Waals surface area contributed by atoms with Gasteiger partial charge in [-0.1, -0.05) is 12.5 Å². The quantitative estimate of drug-likeness (QED) is 0.416. The van der Waals surface area contributed by atoms with Gasteiger partial charge in [-0.25, -0.2) is 4.99 Å². The number of methoxy groups -OCH3 is 1. The van der Waals surface area contributed by atoms with E-state index in [1.54, 1.807) is 7.05 Å². The van der Waals surface area contributed by atoms with Gasteiger partial charge in [-0.3, -0.25) is 4.90 Å². The number of carboxylic acid groups (broad SMARTS) is 1. The van der Waals surface area contributed by atoms with Crippen molar-refractivity contribution in [3.05, 3.63) is 11.1 Å². The monoisotopic (exact) mass is 391 g/mol. The van der Waals surface area contributed by atoms with Gasteiger partial charge >= 0.3 is 0 Å². The Morgan fingerprint density at radius 1 is 1.46 bits per heavy atom. The number of quaternary nitrogens is 1. The number of nitrogens with zero attached hydrogens (tertiary/aromatic N) is 1. The van der Waals surface area contributed by atoms with Crippen molar-refractivity contribution < 1.29 is 24.6 Å². The van der Waals surface area contributed by atoms with Gasteiger partial charge in [0, 0.05) is 30.6 Å². The van der Waals surface area contributed by atoms with Crippen molar-refractivity contribution in [1.29, 1.82) is 0 Å². The smallest absolute Gasteiger partial charge is 0.293 e. The summed E-state index contributed by atoms with van der Waals surface area (Å²) < 4.78 is 5.28. The number of likely N-dealkylation sites (tertiary alicyclic amines) is 1. The Hall–Kier alpha value is -1.44. The number of carboxylic acids is 1. The average molecular weight is 392 g/mol. The largest absolute Gasteiger partial charge is 0.545 e. The van der Waals surface area contributed by atoms with Crippen LogP contribution in [0.1, 0.15) is 45.4 Å². The molecule has 4 aliphatic rings. The van der Waals surface area contributed by atoms with Gasteiger partial charge in [-0.05, 0) is 50.4 Å². The second-order valence-electron chi connectivity index (χ2n) is 9.53. The maximum absolute atomic E-state index is 12.2. The van der Waals surface area contributed by atoms with E-state index in [1.165, 1.54) is 12.0 Å². The van der Waals surface area contributed by atoms with Crippen LogP contribution in [0, 0.1) is 22.7 Å². The highest BCUT2D eigenvalue weighted by Crippen LogP contribution is 2.75. The van der Waals surface area contributed by atoms with Gasteiger partial charge in [0.25, 0.3) is 5.96 Å². The van der Waals surface area contributed by atoms with Gasteiger partial charge in [0.15, 0.2) is 0 Å². The summed E-state index contributed by atoms with van der Waals surface area (Å²) in [6, 6.07) is 0. The number of carbonyl (C=O) groups is 1. The van der Waals surface area contributed by atoms with E-state index in [1.807, 2.05) is 0 Å². The zero-order valence-electron chi connectivity index (χ0n) is 17.2. The summed E-state index contributed by atoms with van der Waals surface area (Å²) >= 11 is 0. The lowest BCUT2D eigenvalue weighted by Gasteiger charge is -2.57. The minimum absolute atomic E-state index is 0.00976. The molecule has 1 aliphatic heterocycles. The molecule has 2 saturated carbocycles. The Morgan fingerprint density at radius 2 is 2.21 bits per heavy atom. The summed E-state index contributed by atoms with van der Waals surface area (Å²) in [5.41, 5.74) is 5.42. The second kappa shape index (κ2) is 6.54. The van der Waals surface area contributed by atoms with Gasteiger partial charge in [0.1, 0.15) is 5.60 Å². The zero-order chi connectivity index (χ0) is 20.3. The number of piperidine rings is 1. The van der Waals surface area contributed by atoms with Crippen molar-refractivity contribution in [3.8, 4) is 0 Å². The number of nitrogens with one attached hydrogen (secondary N) is 1. The molecular weight excluding hydrogens is 358 g/mol. The van der Waals surface area contributed by atoms with Crippen molar-refractivity contribution in [3.63, 3.8) is 0 Å². The lowest BCUT2D eigenvalue weighted by molar-refractivity contribution is -0.826. The molecule has 1 heterocycles. The number of ether oxygens (including phenoxy) is 1. The Morgan fingerprint density at radius 3 is 2.86 bits per heavy atom. The molecule has 4 rings (SSSR count). The van der Waals surface area contributed by atoms with E-state index in [0.717, 1.165) is 50.8 Å². The van der Waals surface area contributed by atoms with E-state index in [-0.39, 0.29) is 23.0 Å². The topological polar surface area (TPSA) is 112 Å². The molecule has 2 bridgehead atoms. The summed E-state index contributed by atoms with van der Waals surface area (Å²) in [5.74, 6) is 0.126. The average Bonchev–Trinajstić information content (AvgIpc) is 2.99. The molecule has 156 valence electrons. The fourth-order valence-electron chi connectivity index (χ4n) is 7.72. The second-order valence-corrected chi connectivity index (χ2v) is 9.53. The molecule has 7 nitrogen and oxygen atoms in total. The Bertz CT molecular complexity index is 750. The first-order valence-electron chi connectivity index (χ1n) is 10.5. The number of aliphatic hydroxyl groups is 1. The lowest BCUT2D eigenvalue weighted by atomic mass is 9.48. The van der Waals surface area contributed by atoms with Gasteiger partial charge in [-0.2, -0.15) is 0 Å². The third-order valence-electron chi connectivity index (χ3n) is 8.61. The van der Waals surface area contributed by atoms with Crippen molar-refractivity contribution in [2.75, 3.05) is 33.9 Å². The molecule has 3 aliphatic carbocycles. The zero-order valence-corrected chi connectivity index (χ0v) is 17.2. The molecule has 0 aromatic rings. The van der Waals surface area contributed by atoms with E-state index in [4.69, 9.17) is 10.5 Å². The number of aliphatic carboxylic acids is 1. The predicted octanol–water partition coefficient (Wildman–Crippen LogP) is -1.14. The molecule has 6 atom stereocenters. The third-order valence-corrected chi connectivity index (χ3v) is 8.61. The van der Waals surface area contributed by atoms with Crippen LogP contribution < -0.4 is 15.7 Å². The van der Waals surface area contributed by atoms with Gasteiger partial charge in [0.2, 0.25) is 0 Å².